The average Bonchev–Trinajstić information content (AvgIpc) is 2.86. The number of amides is 2. The van der Waals surface area contributed by atoms with Gasteiger partial charge in [-0.2, -0.15) is 0 Å². The molecular weight excluding hydrogens is 514 g/mol. The molecular formula is C27H36ClN3O5S. The lowest BCUT2D eigenvalue weighted by molar-refractivity contribution is -0.139. The van der Waals surface area contributed by atoms with Crippen molar-refractivity contribution in [2.24, 2.45) is 0 Å². The largest absolute Gasteiger partial charge is 0.495 e. The summed E-state index contributed by atoms with van der Waals surface area (Å²) >= 11 is 6.38. The Morgan fingerprint density at radius 2 is 1.81 bits per heavy atom. The van der Waals surface area contributed by atoms with Crippen molar-refractivity contribution in [2.75, 3.05) is 24.2 Å². The highest BCUT2D eigenvalue weighted by Crippen LogP contribution is 2.31. The van der Waals surface area contributed by atoms with Crippen molar-refractivity contribution in [1.82, 2.24) is 10.2 Å². The van der Waals surface area contributed by atoms with Crippen molar-refractivity contribution < 1.29 is 22.7 Å². The molecule has 0 spiro atoms. The maximum atomic E-state index is 13.8. The van der Waals surface area contributed by atoms with Gasteiger partial charge in [0.15, 0.2) is 0 Å². The van der Waals surface area contributed by atoms with Crippen molar-refractivity contribution >= 4 is 39.1 Å². The van der Waals surface area contributed by atoms with E-state index in [-0.39, 0.29) is 24.2 Å². The number of carbonyl (C=O) groups excluding carboxylic acids is 2. The highest BCUT2D eigenvalue weighted by molar-refractivity contribution is 7.92. The van der Waals surface area contributed by atoms with E-state index in [0.29, 0.717) is 16.3 Å². The third-order valence-corrected chi connectivity index (χ3v) is 8.19. The Labute approximate surface area is 225 Å². The number of halogens is 1. The molecule has 10 heteroatoms. The number of nitrogens with one attached hydrogen (secondary N) is 1. The predicted molar refractivity (Wildman–Crippen MR) is 146 cm³/mol. The molecule has 0 radical (unpaired) electrons. The van der Waals surface area contributed by atoms with Gasteiger partial charge in [-0.3, -0.25) is 13.9 Å². The minimum absolute atomic E-state index is 0.0559. The zero-order valence-corrected chi connectivity index (χ0v) is 23.4. The normalized spacial score (nSPS) is 15.1. The molecule has 0 aromatic heterocycles. The number of nitrogens with zero attached hydrogens (tertiary/aromatic N) is 2. The van der Waals surface area contributed by atoms with Crippen LogP contribution in [0.25, 0.3) is 0 Å². The second-order valence-corrected chi connectivity index (χ2v) is 11.9. The molecule has 3 rings (SSSR count). The monoisotopic (exact) mass is 549 g/mol. The van der Waals surface area contributed by atoms with Crippen molar-refractivity contribution in [1.29, 1.82) is 0 Å². The molecule has 1 N–H and O–H groups in total. The van der Waals surface area contributed by atoms with Crippen LogP contribution in [0, 0.1) is 6.92 Å². The van der Waals surface area contributed by atoms with E-state index in [1.165, 1.54) is 12.0 Å². The lowest BCUT2D eigenvalue weighted by Gasteiger charge is -2.33. The molecule has 1 aliphatic rings. The summed E-state index contributed by atoms with van der Waals surface area (Å²) in [5, 5.41) is 3.54. The van der Waals surface area contributed by atoms with Gasteiger partial charge in [0.05, 0.1) is 19.1 Å². The maximum absolute atomic E-state index is 13.8. The number of aryl methyl sites for hydroxylation is 1. The third kappa shape index (κ3) is 7.61. The number of ether oxygens (including phenoxy) is 1. The minimum atomic E-state index is -3.87. The topological polar surface area (TPSA) is 96.0 Å². The summed E-state index contributed by atoms with van der Waals surface area (Å²) in [7, 11) is -2.42. The first-order valence-electron chi connectivity index (χ1n) is 12.5. The number of rotatable bonds is 10. The third-order valence-electron chi connectivity index (χ3n) is 6.70. The fourth-order valence-corrected chi connectivity index (χ4v) is 5.59. The first-order valence-corrected chi connectivity index (χ1v) is 14.7. The van der Waals surface area contributed by atoms with Crippen LogP contribution in [0.2, 0.25) is 5.02 Å². The molecule has 1 fully saturated rings. The van der Waals surface area contributed by atoms with Crippen molar-refractivity contribution in [3.05, 3.63) is 58.6 Å². The molecule has 0 heterocycles. The molecule has 2 aromatic carbocycles. The summed E-state index contributed by atoms with van der Waals surface area (Å²) in [6.45, 7) is 3.04. The second-order valence-electron chi connectivity index (χ2n) is 9.58. The van der Waals surface area contributed by atoms with Crippen LogP contribution in [-0.2, 0) is 26.2 Å². The van der Waals surface area contributed by atoms with E-state index in [4.69, 9.17) is 16.3 Å². The smallest absolute Gasteiger partial charge is 0.244 e. The van der Waals surface area contributed by atoms with Gasteiger partial charge in [-0.15, -0.1) is 0 Å². The van der Waals surface area contributed by atoms with Gasteiger partial charge in [0.25, 0.3) is 0 Å². The van der Waals surface area contributed by atoms with Crippen LogP contribution in [0.4, 0.5) is 5.69 Å². The number of carbonyl (C=O) groups is 2. The number of benzene rings is 2. The van der Waals surface area contributed by atoms with Crippen molar-refractivity contribution in [3.8, 4) is 5.75 Å². The molecule has 202 valence electrons. The van der Waals surface area contributed by atoms with E-state index < -0.39 is 28.5 Å². The van der Waals surface area contributed by atoms with Crippen LogP contribution in [0.5, 0.6) is 5.75 Å². The summed E-state index contributed by atoms with van der Waals surface area (Å²) in [5.41, 5.74) is 1.73. The van der Waals surface area contributed by atoms with Crippen molar-refractivity contribution in [2.45, 2.75) is 64.6 Å². The Hall–Kier alpha value is -2.78. The molecule has 0 bridgehead atoms. The predicted octanol–water partition coefficient (Wildman–Crippen LogP) is 4.29. The van der Waals surface area contributed by atoms with Gasteiger partial charge in [-0.1, -0.05) is 55.1 Å². The highest BCUT2D eigenvalue weighted by Gasteiger charge is 2.32. The molecule has 37 heavy (non-hydrogen) atoms. The number of methoxy groups -OCH3 is 1. The van der Waals surface area contributed by atoms with Crippen LogP contribution in [0.1, 0.15) is 50.2 Å². The lowest BCUT2D eigenvalue weighted by Crippen LogP contribution is -2.53. The summed E-state index contributed by atoms with van der Waals surface area (Å²) in [5.74, 6) is -0.476. The Kier molecular flexibility index (Phi) is 9.84. The van der Waals surface area contributed by atoms with Crippen LogP contribution >= 0.6 is 11.6 Å². The molecule has 2 amide bonds. The van der Waals surface area contributed by atoms with Crippen LogP contribution in [0.15, 0.2) is 42.5 Å². The number of anilines is 1. The summed E-state index contributed by atoms with van der Waals surface area (Å²) in [6.07, 6.45) is 6.13. The fraction of sp³-hybridized carbons (Fsp3) is 0.481. The second kappa shape index (κ2) is 12.6. The lowest BCUT2D eigenvalue weighted by atomic mass is 9.95. The first kappa shape index (κ1) is 28.8. The zero-order chi connectivity index (χ0) is 27.2. The molecule has 1 aliphatic carbocycles. The summed E-state index contributed by atoms with van der Waals surface area (Å²) in [6, 6.07) is 11.4. The molecule has 8 nitrogen and oxygen atoms in total. The highest BCUT2D eigenvalue weighted by atomic mass is 35.5. The van der Waals surface area contributed by atoms with Crippen LogP contribution in [-0.4, -0.2) is 57.1 Å². The van der Waals surface area contributed by atoms with Gasteiger partial charge >= 0.3 is 0 Å². The zero-order valence-electron chi connectivity index (χ0n) is 21.9. The summed E-state index contributed by atoms with van der Waals surface area (Å²) in [4.78, 5) is 28.4. The molecule has 0 saturated heterocycles. The number of hydrogen-bond acceptors (Lipinski definition) is 5. The quantitative estimate of drug-likeness (QED) is 0.477. The van der Waals surface area contributed by atoms with Crippen LogP contribution < -0.4 is 14.4 Å². The van der Waals surface area contributed by atoms with E-state index in [0.717, 1.165) is 48.2 Å². The Morgan fingerprint density at radius 1 is 1.14 bits per heavy atom. The van der Waals surface area contributed by atoms with E-state index in [1.54, 1.807) is 49.4 Å². The number of hydrogen-bond donors (Lipinski definition) is 1. The fourth-order valence-electron chi connectivity index (χ4n) is 4.55. The minimum Gasteiger partial charge on any atom is -0.495 e. The van der Waals surface area contributed by atoms with Gasteiger partial charge in [0.1, 0.15) is 18.3 Å². The SMILES string of the molecule is COc1ccc(C)cc1N(CC(=O)N(Cc1ccccc1Cl)[C@@H](C)C(=O)NC1CCCCC1)S(C)(=O)=O. The molecule has 0 unspecified atom stereocenters. The van der Waals surface area contributed by atoms with Gasteiger partial charge in [-0.05, 0) is 56.0 Å². The average molecular weight is 550 g/mol. The first-order chi connectivity index (χ1) is 17.5. The van der Waals surface area contributed by atoms with Crippen LogP contribution in [0.3, 0.4) is 0 Å². The van der Waals surface area contributed by atoms with Gasteiger partial charge in [0.2, 0.25) is 21.8 Å². The van der Waals surface area contributed by atoms with E-state index in [9.17, 15) is 18.0 Å². The molecule has 0 aliphatic heterocycles. The van der Waals surface area contributed by atoms with E-state index >= 15 is 0 Å². The molecule has 1 atom stereocenters. The number of sulfonamides is 1. The summed E-state index contributed by atoms with van der Waals surface area (Å²) < 4.78 is 32.1. The Balaban J connectivity index is 1.93. The maximum Gasteiger partial charge on any atom is 0.244 e. The Morgan fingerprint density at radius 3 is 2.43 bits per heavy atom. The Bertz CT molecular complexity index is 1210. The van der Waals surface area contributed by atoms with E-state index in [2.05, 4.69) is 5.32 Å². The van der Waals surface area contributed by atoms with E-state index in [1.807, 2.05) is 6.92 Å². The molecule has 2 aromatic rings. The standard InChI is InChI=1S/C27H36ClN3O5S/c1-19-14-15-25(36-3)24(16-19)31(37(4,34)35)18-26(32)30(17-21-10-8-9-13-23(21)28)20(2)27(33)29-22-11-6-5-7-12-22/h8-10,13-16,20,22H,5-7,11-12,17-18H2,1-4H3,(H,29,33)/t20-/m0/s1. The van der Waals surface area contributed by atoms with Gasteiger partial charge < -0.3 is 15.0 Å². The van der Waals surface area contributed by atoms with Gasteiger partial charge in [0, 0.05) is 17.6 Å². The van der Waals surface area contributed by atoms with Crippen molar-refractivity contribution in [3.63, 3.8) is 0 Å². The molecule has 1 saturated carbocycles. The van der Waals surface area contributed by atoms with Gasteiger partial charge in [-0.25, -0.2) is 8.42 Å².